The zero-order valence-electron chi connectivity index (χ0n) is 17.6. The number of amides is 2. The average molecular weight is 444 g/mol. The molecule has 1 spiro atoms. The van der Waals surface area contributed by atoms with Crippen LogP contribution in [0.2, 0.25) is 0 Å². The summed E-state index contributed by atoms with van der Waals surface area (Å²) in [6.07, 6.45) is 0.0640. The first-order chi connectivity index (χ1) is 14.4. The Morgan fingerprint density at radius 2 is 1.81 bits per heavy atom. The molecule has 2 saturated heterocycles. The maximum atomic E-state index is 12.3. The molecule has 0 aromatic carbocycles. The van der Waals surface area contributed by atoms with E-state index in [9.17, 15) is 22.8 Å². The third-order valence-corrected chi connectivity index (χ3v) is 5.61. The lowest BCUT2D eigenvalue weighted by molar-refractivity contribution is -0.192. The van der Waals surface area contributed by atoms with Crippen molar-refractivity contribution in [3.63, 3.8) is 0 Å². The number of pyridine rings is 1. The Morgan fingerprint density at radius 3 is 2.29 bits per heavy atom. The number of hydrogen-bond donors (Lipinski definition) is 1. The monoisotopic (exact) mass is 444 g/mol. The first-order valence-corrected chi connectivity index (χ1v) is 9.87. The van der Waals surface area contributed by atoms with Crippen LogP contribution in [-0.4, -0.2) is 88.0 Å². The second-order valence-corrected chi connectivity index (χ2v) is 7.89. The number of likely N-dealkylation sites (tertiary alicyclic amines) is 2. The van der Waals surface area contributed by atoms with E-state index in [1.807, 2.05) is 29.3 Å². The normalized spacial score (nSPS) is 18.5. The highest BCUT2D eigenvalue weighted by atomic mass is 19.4. The Labute approximate surface area is 178 Å². The van der Waals surface area contributed by atoms with Gasteiger partial charge in [-0.25, -0.2) is 4.79 Å². The van der Waals surface area contributed by atoms with Gasteiger partial charge in [0.05, 0.1) is 5.69 Å². The predicted molar refractivity (Wildman–Crippen MR) is 105 cm³/mol. The van der Waals surface area contributed by atoms with Gasteiger partial charge in [0, 0.05) is 51.9 Å². The van der Waals surface area contributed by atoms with Gasteiger partial charge in [-0.15, -0.1) is 0 Å². The van der Waals surface area contributed by atoms with Crippen molar-refractivity contribution >= 4 is 17.8 Å². The molecule has 172 valence electrons. The van der Waals surface area contributed by atoms with Crippen LogP contribution in [0.1, 0.15) is 31.4 Å². The van der Waals surface area contributed by atoms with Crippen LogP contribution in [0, 0.1) is 0 Å². The van der Waals surface area contributed by atoms with E-state index in [0.29, 0.717) is 6.42 Å². The summed E-state index contributed by atoms with van der Waals surface area (Å²) in [7, 11) is 3.48. The van der Waals surface area contributed by atoms with E-state index in [0.717, 1.165) is 44.6 Å². The van der Waals surface area contributed by atoms with Gasteiger partial charge < -0.3 is 14.9 Å². The largest absolute Gasteiger partial charge is 0.490 e. The Balaban J connectivity index is 0.000000423. The summed E-state index contributed by atoms with van der Waals surface area (Å²) in [5, 5.41) is 7.12. The number of carboxylic acids is 1. The van der Waals surface area contributed by atoms with Gasteiger partial charge in [-0.1, -0.05) is 6.07 Å². The molecule has 8 nitrogen and oxygen atoms in total. The van der Waals surface area contributed by atoms with Crippen LogP contribution in [0.15, 0.2) is 24.4 Å². The number of carboxylic acid groups (broad SMARTS) is 1. The summed E-state index contributed by atoms with van der Waals surface area (Å²) >= 11 is 0. The van der Waals surface area contributed by atoms with E-state index in [2.05, 4.69) is 9.88 Å². The lowest BCUT2D eigenvalue weighted by Gasteiger charge is -2.44. The molecular weight excluding hydrogens is 417 g/mol. The minimum Gasteiger partial charge on any atom is -0.475 e. The van der Waals surface area contributed by atoms with Crippen LogP contribution in [0.4, 0.5) is 13.2 Å². The lowest BCUT2D eigenvalue weighted by atomic mass is 9.85. The maximum absolute atomic E-state index is 12.3. The first-order valence-electron chi connectivity index (χ1n) is 9.87. The smallest absolute Gasteiger partial charge is 0.475 e. The molecule has 31 heavy (non-hydrogen) atoms. The molecule has 0 aliphatic carbocycles. The van der Waals surface area contributed by atoms with Crippen LogP contribution < -0.4 is 0 Å². The SMILES string of the molecule is CN(C)C(=O)CN1C(=O)CCC12CCN(Cc1ccccn1)CC2.O=C(O)C(F)(F)F. The molecule has 2 fully saturated rings. The first kappa shape index (κ1) is 24.6. The van der Waals surface area contributed by atoms with Crippen molar-refractivity contribution in [1.82, 2.24) is 19.7 Å². The van der Waals surface area contributed by atoms with Crippen molar-refractivity contribution < 1.29 is 32.7 Å². The molecule has 2 amide bonds. The van der Waals surface area contributed by atoms with Gasteiger partial charge in [-0.2, -0.15) is 13.2 Å². The van der Waals surface area contributed by atoms with Gasteiger partial charge >= 0.3 is 12.1 Å². The number of alkyl halides is 3. The Hall–Kier alpha value is -2.69. The highest BCUT2D eigenvalue weighted by molar-refractivity contribution is 5.86. The minimum atomic E-state index is -5.08. The second kappa shape index (κ2) is 10.1. The van der Waals surface area contributed by atoms with Crippen molar-refractivity contribution in [2.24, 2.45) is 0 Å². The molecule has 0 saturated carbocycles. The highest BCUT2D eigenvalue weighted by Gasteiger charge is 2.47. The molecule has 2 aliphatic rings. The van der Waals surface area contributed by atoms with Gasteiger partial charge in [-0.3, -0.25) is 19.5 Å². The van der Waals surface area contributed by atoms with Gasteiger partial charge in [-0.05, 0) is 31.4 Å². The van der Waals surface area contributed by atoms with E-state index in [4.69, 9.17) is 9.90 Å². The standard InChI is InChI=1S/C18H26N4O2.C2HF3O2/c1-20(2)17(24)14-22-16(23)6-7-18(22)8-11-21(12-9-18)13-15-5-3-4-10-19-15;3-2(4,5)1(6)7/h3-5,10H,6-9,11-14H2,1-2H3;(H,6,7). The summed E-state index contributed by atoms with van der Waals surface area (Å²) in [6.45, 7) is 2.95. The molecule has 1 aromatic rings. The van der Waals surface area contributed by atoms with E-state index in [-0.39, 0.29) is 23.9 Å². The van der Waals surface area contributed by atoms with E-state index in [1.165, 1.54) is 0 Å². The predicted octanol–water partition coefficient (Wildman–Crippen LogP) is 1.76. The molecule has 0 radical (unpaired) electrons. The van der Waals surface area contributed by atoms with Crippen LogP contribution >= 0.6 is 0 Å². The van der Waals surface area contributed by atoms with Crippen LogP contribution in [0.25, 0.3) is 0 Å². The quantitative estimate of drug-likeness (QED) is 0.761. The number of hydrogen-bond acceptors (Lipinski definition) is 5. The molecule has 3 heterocycles. The third-order valence-electron chi connectivity index (χ3n) is 5.61. The summed E-state index contributed by atoms with van der Waals surface area (Å²) in [5.41, 5.74) is 0.958. The third kappa shape index (κ3) is 6.65. The van der Waals surface area contributed by atoms with Gasteiger partial charge in [0.2, 0.25) is 11.8 Å². The van der Waals surface area contributed by atoms with Crippen LogP contribution in [0.3, 0.4) is 0 Å². The number of carbonyl (C=O) groups excluding carboxylic acids is 2. The van der Waals surface area contributed by atoms with Gasteiger partial charge in [0.1, 0.15) is 6.54 Å². The minimum absolute atomic E-state index is 0.000500. The summed E-state index contributed by atoms with van der Waals surface area (Å²) in [5.74, 6) is -2.63. The molecule has 0 atom stereocenters. The molecule has 0 unspecified atom stereocenters. The fraction of sp³-hybridized carbons (Fsp3) is 0.600. The fourth-order valence-corrected chi connectivity index (χ4v) is 3.77. The number of nitrogens with zero attached hydrogens (tertiary/aromatic N) is 4. The van der Waals surface area contributed by atoms with Crippen molar-refractivity contribution in [3.8, 4) is 0 Å². The van der Waals surface area contributed by atoms with Crippen LogP contribution in [-0.2, 0) is 20.9 Å². The van der Waals surface area contributed by atoms with Crippen molar-refractivity contribution in [2.75, 3.05) is 33.7 Å². The van der Waals surface area contributed by atoms with Crippen LogP contribution in [0.5, 0.6) is 0 Å². The van der Waals surface area contributed by atoms with E-state index in [1.54, 1.807) is 19.0 Å². The topological polar surface area (TPSA) is 94.1 Å². The number of rotatable bonds is 4. The highest BCUT2D eigenvalue weighted by Crippen LogP contribution is 2.39. The summed E-state index contributed by atoms with van der Waals surface area (Å²) in [4.78, 5) is 43.5. The Bertz CT molecular complexity index is 778. The fourth-order valence-electron chi connectivity index (χ4n) is 3.77. The summed E-state index contributed by atoms with van der Waals surface area (Å²) in [6, 6.07) is 5.99. The molecule has 0 bridgehead atoms. The number of aliphatic carboxylic acids is 1. The molecular formula is C20H27F3N4O4. The molecule has 3 rings (SSSR count). The average Bonchev–Trinajstić information content (AvgIpc) is 3.00. The number of likely N-dealkylation sites (N-methyl/N-ethyl adjacent to an activating group) is 1. The molecule has 11 heteroatoms. The van der Waals surface area contributed by atoms with Gasteiger partial charge in [0.25, 0.3) is 0 Å². The van der Waals surface area contributed by atoms with Gasteiger partial charge in [0.15, 0.2) is 0 Å². The Kier molecular flexibility index (Phi) is 7.99. The van der Waals surface area contributed by atoms with Crippen molar-refractivity contribution in [1.29, 1.82) is 0 Å². The Morgan fingerprint density at radius 1 is 1.19 bits per heavy atom. The second-order valence-electron chi connectivity index (χ2n) is 7.89. The molecule has 2 aliphatic heterocycles. The number of halogens is 3. The maximum Gasteiger partial charge on any atom is 0.490 e. The van der Waals surface area contributed by atoms with Crippen molar-refractivity contribution in [2.45, 2.75) is 43.9 Å². The number of carbonyl (C=O) groups is 3. The van der Waals surface area contributed by atoms with E-state index < -0.39 is 12.1 Å². The summed E-state index contributed by atoms with van der Waals surface area (Å²) < 4.78 is 31.7. The zero-order valence-corrected chi connectivity index (χ0v) is 17.6. The number of piperidine rings is 1. The lowest BCUT2D eigenvalue weighted by Crippen LogP contribution is -2.55. The van der Waals surface area contributed by atoms with E-state index >= 15 is 0 Å². The molecule has 1 N–H and O–H groups in total. The number of aromatic nitrogens is 1. The molecule has 1 aromatic heterocycles. The zero-order chi connectivity index (χ0) is 23.2. The van der Waals surface area contributed by atoms with Crippen molar-refractivity contribution in [3.05, 3.63) is 30.1 Å².